The van der Waals surface area contributed by atoms with Gasteiger partial charge in [-0.1, -0.05) is 72.3 Å². The number of dihydropyridines is 1. The van der Waals surface area contributed by atoms with E-state index in [4.69, 9.17) is 9.47 Å². The van der Waals surface area contributed by atoms with Crippen LogP contribution in [0, 0.1) is 6.92 Å². The van der Waals surface area contributed by atoms with Gasteiger partial charge in [0.15, 0.2) is 5.78 Å². The van der Waals surface area contributed by atoms with Crippen molar-refractivity contribution in [2.75, 3.05) is 7.11 Å². The summed E-state index contributed by atoms with van der Waals surface area (Å²) in [4.78, 5) is 26.5. The highest BCUT2D eigenvalue weighted by molar-refractivity contribution is 6.23. The van der Waals surface area contributed by atoms with Gasteiger partial charge < -0.3 is 14.8 Å². The smallest absolute Gasteiger partial charge is 0.336 e. The molecule has 0 unspecified atom stereocenters. The number of para-hydroxylation sites is 1. The van der Waals surface area contributed by atoms with Crippen LogP contribution in [-0.2, 0) is 16.1 Å². The van der Waals surface area contributed by atoms with E-state index in [0.717, 1.165) is 22.4 Å². The number of fused-ring (bicyclic) bond motifs is 2. The number of ketones is 1. The van der Waals surface area contributed by atoms with E-state index >= 15 is 0 Å². The SMILES string of the molecule is COC(=O)C1=C(C)NC2=C(C(=O)c3ccccc32)[C@H]1c1ccccc1OCc1ccc(C)cc1. The van der Waals surface area contributed by atoms with Gasteiger partial charge in [0, 0.05) is 28.0 Å². The van der Waals surface area contributed by atoms with Gasteiger partial charge in [-0.15, -0.1) is 0 Å². The highest BCUT2D eigenvalue weighted by Crippen LogP contribution is 2.48. The van der Waals surface area contributed by atoms with Crippen molar-refractivity contribution in [1.82, 2.24) is 5.32 Å². The van der Waals surface area contributed by atoms with Crippen molar-refractivity contribution in [2.45, 2.75) is 26.4 Å². The number of allylic oxidation sites excluding steroid dienone is 2. The average Bonchev–Trinajstić information content (AvgIpc) is 3.14. The zero-order chi connectivity index (χ0) is 23.8. The fourth-order valence-corrected chi connectivity index (χ4v) is 4.72. The number of hydrogen-bond acceptors (Lipinski definition) is 5. The Labute approximate surface area is 198 Å². The third-order valence-corrected chi connectivity index (χ3v) is 6.40. The summed E-state index contributed by atoms with van der Waals surface area (Å²) in [5.41, 5.74) is 6.79. The number of benzene rings is 3. The first-order chi connectivity index (χ1) is 16.5. The number of hydrogen-bond donors (Lipinski definition) is 1. The molecule has 5 nitrogen and oxygen atoms in total. The zero-order valence-corrected chi connectivity index (χ0v) is 19.3. The van der Waals surface area contributed by atoms with Crippen molar-refractivity contribution in [2.24, 2.45) is 0 Å². The van der Waals surface area contributed by atoms with Crippen molar-refractivity contribution in [3.8, 4) is 5.75 Å². The Morgan fingerprint density at radius 2 is 1.59 bits per heavy atom. The molecule has 0 bridgehead atoms. The monoisotopic (exact) mass is 451 g/mol. The highest BCUT2D eigenvalue weighted by Gasteiger charge is 2.43. The number of rotatable bonds is 5. The van der Waals surface area contributed by atoms with Crippen LogP contribution in [0.25, 0.3) is 5.70 Å². The topological polar surface area (TPSA) is 64.6 Å². The maximum Gasteiger partial charge on any atom is 0.336 e. The first kappa shape index (κ1) is 21.7. The second-order valence-corrected chi connectivity index (χ2v) is 8.56. The molecule has 1 atom stereocenters. The van der Waals surface area contributed by atoms with Gasteiger partial charge in [-0.2, -0.15) is 0 Å². The molecular formula is C29H25NO4. The Morgan fingerprint density at radius 1 is 0.912 bits per heavy atom. The Hall–Kier alpha value is -4.12. The number of carbonyl (C=O) groups is 2. The van der Waals surface area contributed by atoms with E-state index in [9.17, 15) is 9.59 Å². The molecule has 1 aliphatic heterocycles. The summed E-state index contributed by atoms with van der Waals surface area (Å²) < 4.78 is 11.4. The lowest BCUT2D eigenvalue weighted by Crippen LogP contribution is -2.29. The predicted octanol–water partition coefficient (Wildman–Crippen LogP) is 5.32. The Kier molecular flexibility index (Phi) is 5.54. The van der Waals surface area contributed by atoms with Gasteiger partial charge in [0.05, 0.1) is 24.3 Å². The van der Waals surface area contributed by atoms with Crippen LogP contribution in [0.15, 0.2) is 89.6 Å². The number of ether oxygens (including phenoxy) is 2. The van der Waals surface area contributed by atoms with Crippen molar-refractivity contribution in [1.29, 1.82) is 0 Å². The maximum absolute atomic E-state index is 13.6. The average molecular weight is 452 g/mol. The van der Waals surface area contributed by atoms with E-state index in [-0.39, 0.29) is 5.78 Å². The summed E-state index contributed by atoms with van der Waals surface area (Å²) in [7, 11) is 1.36. The largest absolute Gasteiger partial charge is 0.489 e. The van der Waals surface area contributed by atoms with E-state index in [1.807, 2.05) is 86.6 Å². The molecule has 5 rings (SSSR count). The summed E-state index contributed by atoms with van der Waals surface area (Å²) in [6.45, 7) is 4.25. The molecular weight excluding hydrogens is 426 g/mol. The fraction of sp³-hybridized carbons (Fsp3) is 0.172. The van der Waals surface area contributed by atoms with Gasteiger partial charge in [0.2, 0.25) is 0 Å². The standard InChI is InChI=1S/C29H25NO4/c1-17-12-14-19(15-13-17)16-34-23-11-7-6-10-22(23)25-24(29(32)33-3)18(2)30-27-20-8-4-5-9-21(20)28(31)26(25)27/h4-15,25,30H,16H2,1-3H3/t25-/m0/s1. The lowest BCUT2D eigenvalue weighted by atomic mass is 9.79. The summed E-state index contributed by atoms with van der Waals surface area (Å²) in [6, 6.07) is 23.2. The molecule has 170 valence electrons. The third-order valence-electron chi connectivity index (χ3n) is 6.40. The van der Waals surface area contributed by atoms with Gasteiger partial charge in [-0.25, -0.2) is 4.79 Å². The van der Waals surface area contributed by atoms with E-state index in [1.165, 1.54) is 12.7 Å². The molecule has 0 fully saturated rings. The van der Waals surface area contributed by atoms with Crippen molar-refractivity contribution in [3.63, 3.8) is 0 Å². The molecule has 1 aliphatic carbocycles. The minimum Gasteiger partial charge on any atom is -0.489 e. The predicted molar refractivity (Wildman–Crippen MR) is 130 cm³/mol. The molecule has 3 aromatic rings. The van der Waals surface area contributed by atoms with Crippen LogP contribution in [0.5, 0.6) is 5.75 Å². The van der Waals surface area contributed by atoms with Crippen LogP contribution in [0.4, 0.5) is 0 Å². The molecule has 3 aromatic carbocycles. The number of nitrogens with one attached hydrogen (secondary N) is 1. The minimum atomic E-state index is -0.613. The van der Waals surface area contributed by atoms with Crippen molar-refractivity contribution < 1.29 is 19.1 Å². The number of carbonyl (C=O) groups excluding carboxylic acids is 2. The van der Waals surface area contributed by atoms with Gasteiger partial charge >= 0.3 is 5.97 Å². The van der Waals surface area contributed by atoms with Crippen LogP contribution in [0.2, 0.25) is 0 Å². The van der Waals surface area contributed by atoms with Crippen LogP contribution in [0.3, 0.4) is 0 Å². The lowest BCUT2D eigenvalue weighted by Gasteiger charge is -2.30. The third kappa shape index (κ3) is 3.59. The normalized spacial score (nSPS) is 16.7. The first-order valence-electron chi connectivity index (χ1n) is 11.2. The molecule has 0 saturated heterocycles. The fourth-order valence-electron chi connectivity index (χ4n) is 4.72. The molecule has 0 saturated carbocycles. The minimum absolute atomic E-state index is 0.0923. The van der Waals surface area contributed by atoms with Gasteiger partial charge in [0.1, 0.15) is 12.4 Å². The van der Waals surface area contributed by atoms with Crippen LogP contribution >= 0.6 is 0 Å². The number of methoxy groups -OCH3 is 1. The number of esters is 1. The molecule has 0 amide bonds. The van der Waals surface area contributed by atoms with Crippen molar-refractivity contribution in [3.05, 3.63) is 117 Å². The van der Waals surface area contributed by atoms with Crippen LogP contribution in [0.1, 0.15) is 45.5 Å². The summed E-state index contributed by atoms with van der Waals surface area (Å²) >= 11 is 0. The quantitative estimate of drug-likeness (QED) is 0.532. The van der Waals surface area contributed by atoms with Crippen molar-refractivity contribution >= 4 is 17.4 Å². The van der Waals surface area contributed by atoms with E-state index in [1.54, 1.807) is 0 Å². The second-order valence-electron chi connectivity index (χ2n) is 8.56. The Morgan fingerprint density at radius 3 is 2.32 bits per heavy atom. The Balaban J connectivity index is 1.61. The molecule has 5 heteroatoms. The second kappa shape index (κ2) is 8.67. The summed E-state index contributed by atoms with van der Waals surface area (Å²) in [5.74, 6) is -0.554. The molecule has 0 aromatic heterocycles. The van der Waals surface area contributed by atoms with E-state index in [2.05, 4.69) is 5.32 Å². The maximum atomic E-state index is 13.6. The first-order valence-corrected chi connectivity index (χ1v) is 11.2. The van der Waals surface area contributed by atoms with Gasteiger partial charge in [-0.05, 0) is 25.5 Å². The molecule has 0 spiro atoms. The van der Waals surface area contributed by atoms with Gasteiger partial charge in [-0.3, -0.25) is 4.79 Å². The number of aryl methyl sites for hydroxylation is 1. The lowest BCUT2D eigenvalue weighted by molar-refractivity contribution is -0.136. The zero-order valence-electron chi connectivity index (χ0n) is 19.3. The Bertz CT molecular complexity index is 1360. The summed E-state index contributed by atoms with van der Waals surface area (Å²) in [5, 5.41) is 3.31. The highest BCUT2D eigenvalue weighted by atomic mass is 16.5. The summed E-state index contributed by atoms with van der Waals surface area (Å²) in [6.07, 6.45) is 0. The molecule has 34 heavy (non-hydrogen) atoms. The van der Waals surface area contributed by atoms with Crippen LogP contribution in [-0.4, -0.2) is 18.9 Å². The van der Waals surface area contributed by atoms with Gasteiger partial charge in [0.25, 0.3) is 0 Å². The number of Topliss-reactive ketones (excluding diaryl/α,β-unsaturated/α-hetero) is 1. The molecule has 1 heterocycles. The van der Waals surface area contributed by atoms with E-state index < -0.39 is 11.9 Å². The molecule has 0 radical (unpaired) electrons. The van der Waals surface area contributed by atoms with Crippen LogP contribution < -0.4 is 10.1 Å². The van der Waals surface area contributed by atoms with E-state index in [0.29, 0.717) is 34.8 Å². The molecule has 2 aliphatic rings. The molecule has 1 N–H and O–H groups in total.